The minimum absolute atomic E-state index is 0.393. The van der Waals surface area contributed by atoms with Crippen molar-refractivity contribution in [2.45, 2.75) is 19.3 Å². The summed E-state index contributed by atoms with van der Waals surface area (Å²) in [6.07, 6.45) is 0. The first kappa shape index (κ1) is 13.5. The van der Waals surface area contributed by atoms with Gasteiger partial charge in [0, 0.05) is 0 Å². The van der Waals surface area contributed by atoms with Crippen molar-refractivity contribution in [2.75, 3.05) is 6.61 Å². The molecule has 2 heterocycles. The number of benzene rings is 1. The topological polar surface area (TPSA) is 27.1 Å². The van der Waals surface area contributed by atoms with Crippen LogP contribution in [-0.4, -0.2) is 16.2 Å². The predicted octanol–water partition coefficient (Wildman–Crippen LogP) is 4.28. The maximum Gasteiger partial charge on any atom is 0.147 e. The first-order valence-corrected chi connectivity index (χ1v) is 7.99. The van der Waals surface area contributed by atoms with Crippen molar-refractivity contribution in [1.82, 2.24) is 9.55 Å². The molecule has 0 spiro atoms. The van der Waals surface area contributed by atoms with Gasteiger partial charge in [0.05, 0.1) is 24.5 Å². The second-order valence-electron chi connectivity index (χ2n) is 4.44. The standard InChI is InChI=1S/C15H15ClN2OS/c1-2-19-13-5-3-4-12-15(13)17-14(8-16)18(12)9-11-6-7-20-10-11/h3-7,10H,2,8-9H2,1H3. The third kappa shape index (κ3) is 2.41. The SMILES string of the molecule is CCOc1cccc2c1nc(CCl)n2Cc1ccsc1. The monoisotopic (exact) mass is 306 g/mol. The highest BCUT2D eigenvalue weighted by Gasteiger charge is 2.14. The van der Waals surface area contributed by atoms with Crippen LogP contribution in [0.3, 0.4) is 0 Å². The van der Waals surface area contributed by atoms with Gasteiger partial charge >= 0.3 is 0 Å². The summed E-state index contributed by atoms with van der Waals surface area (Å²) in [6, 6.07) is 8.14. The van der Waals surface area contributed by atoms with Crippen LogP contribution in [0.1, 0.15) is 18.3 Å². The van der Waals surface area contributed by atoms with Gasteiger partial charge in [0.15, 0.2) is 0 Å². The van der Waals surface area contributed by atoms with E-state index in [0.717, 1.165) is 29.2 Å². The summed E-state index contributed by atoms with van der Waals surface area (Å²) in [5.41, 5.74) is 3.22. The molecule has 0 atom stereocenters. The Morgan fingerprint density at radius 3 is 2.95 bits per heavy atom. The van der Waals surface area contributed by atoms with Crippen LogP contribution in [0.4, 0.5) is 0 Å². The van der Waals surface area contributed by atoms with Gasteiger partial charge in [-0.25, -0.2) is 4.98 Å². The number of halogens is 1. The summed E-state index contributed by atoms with van der Waals surface area (Å²) in [5.74, 6) is 2.09. The van der Waals surface area contributed by atoms with E-state index in [0.29, 0.717) is 12.5 Å². The molecule has 0 bridgehead atoms. The van der Waals surface area contributed by atoms with Crippen LogP contribution in [0.2, 0.25) is 0 Å². The van der Waals surface area contributed by atoms with Crippen LogP contribution in [-0.2, 0) is 12.4 Å². The molecule has 1 aromatic carbocycles. The quantitative estimate of drug-likeness (QED) is 0.658. The van der Waals surface area contributed by atoms with E-state index in [9.17, 15) is 0 Å². The molecular weight excluding hydrogens is 292 g/mol. The number of aromatic nitrogens is 2. The molecule has 3 rings (SSSR count). The summed E-state index contributed by atoms with van der Waals surface area (Å²) in [5, 5.41) is 4.23. The van der Waals surface area contributed by atoms with Crippen molar-refractivity contribution in [1.29, 1.82) is 0 Å². The normalized spacial score (nSPS) is 11.1. The summed E-state index contributed by atoms with van der Waals surface area (Å²) in [4.78, 5) is 4.64. The van der Waals surface area contributed by atoms with E-state index in [4.69, 9.17) is 16.3 Å². The summed E-state index contributed by atoms with van der Waals surface area (Å²) in [7, 11) is 0. The number of ether oxygens (including phenoxy) is 1. The zero-order valence-electron chi connectivity index (χ0n) is 11.2. The van der Waals surface area contributed by atoms with Crippen LogP contribution in [0, 0.1) is 0 Å². The molecule has 0 radical (unpaired) electrons. The number of imidazole rings is 1. The van der Waals surface area contributed by atoms with Gasteiger partial charge in [0.1, 0.15) is 17.1 Å². The third-order valence-corrected chi connectivity index (χ3v) is 4.13. The van der Waals surface area contributed by atoms with Gasteiger partial charge in [-0.05, 0) is 41.4 Å². The molecule has 20 heavy (non-hydrogen) atoms. The van der Waals surface area contributed by atoms with Gasteiger partial charge in [-0.2, -0.15) is 11.3 Å². The zero-order chi connectivity index (χ0) is 13.9. The molecule has 5 heteroatoms. The second kappa shape index (κ2) is 5.85. The first-order valence-electron chi connectivity index (χ1n) is 6.51. The van der Waals surface area contributed by atoms with E-state index in [-0.39, 0.29) is 0 Å². The number of alkyl halides is 1. The maximum atomic E-state index is 6.05. The molecule has 0 aliphatic carbocycles. The lowest BCUT2D eigenvalue weighted by Gasteiger charge is -2.07. The molecule has 0 aliphatic rings. The van der Waals surface area contributed by atoms with Gasteiger partial charge in [-0.3, -0.25) is 0 Å². The van der Waals surface area contributed by atoms with Crippen molar-refractivity contribution < 1.29 is 4.74 Å². The molecule has 0 N–H and O–H groups in total. The van der Waals surface area contributed by atoms with Crippen LogP contribution < -0.4 is 4.74 Å². The van der Waals surface area contributed by atoms with Gasteiger partial charge in [0.2, 0.25) is 0 Å². The van der Waals surface area contributed by atoms with E-state index in [1.807, 2.05) is 19.1 Å². The molecule has 2 aromatic heterocycles. The number of para-hydroxylation sites is 1. The highest BCUT2D eigenvalue weighted by atomic mass is 35.5. The van der Waals surface area contributed by atoms with E-state index in [1.54, 1.807) is 11.3 Å². The van der Waals surface area contributed by atoms with E-state index in [2.05, 4.69) is 32.4 Å². The fourth-order valence-corrected chi connectivity index (χ4v) is 3.15. The highest BCUT2D eigenvalue weighted by molar-refractivity contribution is 7.07. The lowest BCUT2D eigenvalue weighted by molar-refractivity contribution is 0.343. The predicted molar refractivity (Wildman–Crippen MR) is 83.9 cm³/mol. The van der Waals surface area contributed by atoms with Gasteiger partial charge < -0.3 is 9.30 Å². The Labute approximate surface area is 126 Å². The van der Waals surface area contributed by atoms with Crippen LogP contribution in [0.25, 0.3) is 11.0 Å². The van der Waals surface area contributed by atoms with E-state index in [1.165, 1.54) is 5.56 Å². The van der Waals surface area contributed by atoms with E-state index >= 15 is 0 Å². The molecular formula is C15H15ClN2OS. The molecule has 0 aliphatic heterocycles. The molecule has 0 amide bonds. The van der Waals surface area contributed by atoms with Gasteiger partial charge in [-0.15, -0.1) is 11.6 Å². The average Bonchev–Trinajstić information content (AvgIpc) is 3.08. The molecule has 3 nitrogen and oxygen atoms in total. The minimum atomic E-state index is 0.393. The number of hydrogen-bond donors (Lipinski definition) is 0. The van der Waals surface area contributed by atoms with Crippen LogP contribution in [0.15, 0.2) is 35.0 Å². The average molecular weight is 307 g/mol. The fraction of sp³-hybridized carbons (Fsp3) is 0.267. The lowest BCUT2D eigenvalue weighted by atomic mass is 10.2. The van der Waals surface area contributed by atoms with Crippen molar-refractivity contribution in [2.24, 2.45) is 0 Å². The van der Waals surface area contributed by atoms with Crippen molar-refractivity contribution >= 4 is 34.0 Å². The molecule has 3 aromatic rings. The second-order valence-corrected chi connectivity index (χ2v) is 5.48. The minimum Gasteiger partial charge on any atom is -0.492 e. The summed E-state index contributed by atoms with van der Waals surface area (Å²) in [6.45, 7) is 3.40. The lowest BCUT2D eigenvalue weighted by Crippen LogP contribution is -2.02. The Morgan fingerprint density at radius 2 is 2.25 bits per heavy atom. The fourth-order valence-electron chi connectivity index (χ4n) is 2.28. The van der Waals surface area contributed by atoms with Gasteiger partial charge in [0.25, 0.3) is 0 Å². The number of hydrogen-bond acceptors (Lipinski definition) is 3. The number of rotatable bonds is 5. The van der Waals surface area contributed by atoms with Crippen molar-refractivity contribution in [3.8, 4) is 5.75 Å². The Bertz CT molecular complexity index is 706. The maximum absolute atomic E-state index is 6.05. The third-order valence-electron chi connectivity index (χ3n) is 3.16. The van der Waals surface area contributed by atoms with E-state index < -0.39 is 0 Å². The van der Waals surface area contributed by atoms with Crippen LogP contribution >= 0.6 is 22.9 Å². The summed E-state index contributed by atoms with van der Waals surface area (Å²) < 4.78 is 7.81. The number of thiophene rings is 1. The number of fused-ring (bicyclic) bond motifs is 1. The molecule has 0 unspecified atom stereocenters. The molecule has 104 valence electrons. The van der Waals surface area contributed by atoms with Crippen LogP contribution in [0.5, 0.6) is 5.75 Å². The summed E-state index contributed by atoms with van der Waals surface area (Å²) >= 11 is 7.75. The van der Waals surface area contributed by atoms with Crippen molar-refractivity contribution in [3.63, 3.8) is 0 Å². The number of nitrogens with zero attached hydrogens (tertiary/aromatic N) is 2. The highest BCUT2D eigenvalue weighted by Crippen LogP contribution is 2.27. The van der Waals surface area contributed by atoms with Crippen molar-refractivity contribution in [3.05, 3.63) is 46.4 Å². The Morgan fingerprint density at radius 1 is 1.35 bits per heavy atom. The zero-order valence-corrected chi connectivity index (χ0v) is 12.7. The Balaban J connectivity index is 2.12. The molecule has 0 saturated heterocycles. The molecule has 0 fully saturated rings. The Hall–Kier alpha value is -1.52. The smallest absolute Gasteiger partial charge is 0.147 e. The first-order chi connectivity index (χ1) is 9.83. The molecule has 0 saturated carbocycles. The van der Waals surface area contributed by atoms with Gasteiger partial charge in [-0.1, -0.05) is 6.07 Å². The Kier molecular flexibility index (Phi) is 3.94. The largest absolute Gasteiger partial charge is 0.492 e.